The number of nitrogens with zero attached hydrogens (tertiary/aromatic N) is 1. The SMILES string of the molecule is COc1ccc2cccnc2c1-c1cccc2c(CCC(=O)O)cccc12. The van der Waals surface area contributed by atoms with E-state index in [2.05, 4.69) is 17.1 Å². The van der Waals surface area contributed by atoms with Crippen molar-refractivity contribution in [2.75, 3.05) is 7.11 Å². The summed E-state index contributed by atoms with van der Waals surface area (Å²) in [4.78, 5) is 15.6. The molecule has 1 aromatic heterocycles. The summed E-state index contributed by atoms with van der Waals surface area (Å²) in [5.41, 5.74) is 3.91. The molecule has 1 N–H and O–H groups in total. The quantitative estimate of drug-likeness (QED) is 0.541. The fraction of sp³-hybridized carbons (Fsp3) is 0.130. The maximum Gasteiger partial charge on any atom is 0.303 e. The predicted octanol–water partition coefficient (Wildman–Crippen LogP) is 5.08. The molecule has 0 spiro atoms. The summed E-state index contributed by atoms with van der Waals surface area (Å²) in [6.45, 7) is 0. The summed E-state index contributed by atoms with van der Waals surface area (Å²) in [6.07, 6.45) is 2.40. The zero-order chi connectivity index (χ0) is 18.8. The summed E-state index contributed by atoms with van der Waals surface area (Å²) >= 11 is 0. The molecule has 0 aliphatic carbocycles. The van der Waals surface area contributed by atoms with Gasteiger partial charge in [-0.2, -0.15) is 0 Å². The first-order valence-electron chi connectivity index (χ1n) is 8.83. The van der Waals surface area contributed by atoms with E-state index in [1.54, 1.807) is 13.3 Å². The second-order valence-electron chi connectivity index (χ2n) is 6.43. The molecule has 4 nitrogen and oxygen atoms in total. The number of ether oxygens (including phenoxy) is 1. The maximum absolute atomic E-state index is 11.0. The number of hydrogen-bond donors (Lipinski definition) is 1. The number of aliphatic carboxylic acids is 1. The highest BCUT2D eigenvalue weighted by Gasteiger charge is 2.15. The van der Waals surface area contributed by atoms with E-state index in [1.807, 2.05) is 48.5 Å². The second kappa shape index (κ2) is 7.08. The van der Waals surface area contributed by atoms with Crippen LogP contribution in [0, 0.1) is 0 Å². The van der Waals surface area contributed by atoms with Gasteiger partial charge in [0.1, 0.15) is 5.75 Å². The summed E-state index contributed by atoms with van der Waals surface area (Å²) in [6, 6.07) is 20.1. The van der Waals surface area contributed by atoms with E-state index in [9.17, 15) is 4.79 Å². The Bertz CT molecular complexity index is 1150. The molecular weight excluding hydrogens is 338 g/mol. The van der Waals surface area contributed by atoms with Crippen molar-refractivity contribution in [1.29, 1.82) is 0 Å². The van der Waals surface area contributed by atoms with E-state index in [1.165, 1.54) is 0 Å². The number of fused-ring (bicyclic) bond motifs is 2. The molecule has 4 heteroatoms. The number of methoxy groups -OCH3 is 1. The van der Waals surface area contributed by atoms with Gasteiger partial charge in [0, 0.05) is 18.0 Å². The number of carbonyl (C=O) groups is 1. The Morgan fingerprint density at radius 3 is 2.63 bits per heavy atom. The van der Waals surface area contributed by atoms with Crippen molar-refractivity contribution in [2.24, 2.45) is 0 Å². The number of aromatic nitrogens is 1. The molecule has 3 aromatic carbocycles. The number of hydrogen-bond acceptors (Lipinski definition) is 3. The first-order chi connectivity index (χ1) is 13.2. The normalized spacial score (nSPS) is 11.0. The lowest BCUT2D eigenvalue weighted by molar-refractivity contribution is -0.136. The minimum absolute atomic E-state index is 0.114. The lowest BCUT2D eigenvalue weighted by Gasteiger charge is -2.15. The molecule has 134 valence electrons. The summed E-state index contributed by atoms with van der Waals surface area (Å²) in [5, 5.41) is 12.2. The fourth-order valence-corrected chi connectivity index (χ4v) is 3.61. The van der Waals surface area contributed by atoms with Crippen molar-refractivity contribution in [2.45, 2.75) is 12.8 Å². The van der Waals surface area contributed by atoms with Gasteiger partial charge in [-0.05, 0) is 46.5 Å². The van der Waals surface area contributed by atoms with Crippen LogP contribution in [0.2, 0.25) is 0 Å². The highest BCUT2D eigenvalue weighted by atomic mass is 16.5. The molecule has 0 unspecified atom stereocenters. The highest BCUT2D eigenvalue weighted by molar-refractivity contribution is 6.06. The zero-order valence-electron chi connectivity index (χ0n) is 15.0. The Balaban J connectivity index is 1.99. The number of carboxylic acid groups (broad SMARTS) is 1. The van der Waals surface area contributed by atoms with Crippen LogP contribution in [-0.2, 0) is 11.2 Å². The van der Waals surface area contributed by atoms with Gasteiger partial charge in [-0.25, -0.2) is 0 Å². The minimum Gasteiger partial charge on any atom is -0.496 e. The topological polar surface area (TPSA) is 59.4 Å². The van der Waals surface area contributed by atoms with E-state index in [-0.39, 0.29) is 6.42 Å². The van der Waals surface area contributed by atoms with E-state index in [0.29, 0.717) is 6.42 Å². The smallest absolute Gasteiger partial charge is 0.303 e. The molecule has 0 aliphatic heterocycles. The molecule has 0 atom stereocenters. The molecule has 4 aromatic rings. The number of pyridine rings is 1. The lowest BCUT2D eigenvalue weighted by Crippen LogP contribution is -1.98. The van der Waals surface area contributed by atoms with Gasteiger partial charge in [-0.15, -0.1) is 0 Å². The average molecular weight is 357 g/mol. The van der Waals surface area contributed by atoms with Crippen molar-refractivity contribution >= 4 is 27.6 Å². The van der Waals surface area contributed by atoms with E-state index in [4.69, 9.17) is 9.84 Å². The molecule has 0 saturated heterocycles. The Morgan fingerprint density at radius 1 is 1.00 bits per heavy atom. The number of benzene rings is 3. The molecule has 0 bridgehead atoms. The molecule has 4 rings (SSSR count). The standard InChI is InChI=1S/C23H19NO3/c1-27-20-12-10-16-6-4-14-24-23(16)22(20)19-9-3-7-17-15(11-13-21(25)26)5-2-8-18(17)19/h2-10,12,14H,11,13H2,1H3,(H,25,26). The molecule has 27 heavy (non-hydrogen) atoms. The van der Waals surface area contributed by atoms with Crippen LogP contribution in [0.1, 0.15) is 12.0 Å². The highest BCUT2D eigenvalue weighted by Crippen LogP contribution is 2.40. The third-order valence-corrected chi connectivity index (χ3v) is 4.85. The summed E-state index contributed by atoms with van der Waals surface area (Å²) in [7, 11) is 1.66. The molecular formula is C23H19NO3. The maximum atomic E-state index is 11.0. The Hall–Kier alpha value is -3.40. The third kappa shape index (κ3) is 3.10. The number of carboxylic acids is 1. The van der Waals surface area contributed by atoms with E-state index < -0.39 is 5.97 Å². The van der Waals surface area contributed by atoms with Crippen LogP contribution in [0.15, 0.2) is 66.9 Å². The Kier molecular flexibility index (Phi) is 4.47. The first-order valence-corrected chi connectivity index (χ1v) is 8.83. The second-order valence-corrected chi connectivity index (χ2v) is 6.43. The lowest BCUT2D eigenvalue weighted by atomic mass is 9.92. The van der Waals surface area contributed by atoms with Crippen molar-refractivity contribution in [3.8, 4) is 16.9 Å². The van der Waals surface area contributed by atoms with Gasteiger partial charge in [0.25, 0.3) is 0 Å². The fourth-order valence-electron chi connectivity index (χ4n) is 3.61. The van der Waals surface area contributed by atoms with Crippen LogP contribution in [0.25, 0.3) is 32.8 Å². The van der Waals surface area contributed by atoms with Crippen molar-refractivity contribution < 1.29 is 14.6 Å². The van der Waals surface area contributed by atoms with Crippen LogP contribution in [-0.4, -0.2) is 23.2 Å². The third-order valence-electron chi connectivity index (χ3n) is 4.85. The molecule has 0 saturated carbocycles. The van der Waals surface area contributed by atoms with E-state index in [0.717, 1.165) is 44.1 Å². The number of rotatable bonds is 5. The molecule has 0 fully saturated rings. The van der Waals surface area contributed by atoms with Gasteiger partial charge >= 0.3 is 5.97 Å². The van der Waals surface area contributed by atoms with E-state index >= 15 is 0 Å². The summed E-state index contributed by atoms with van der Waals surface area (Å²) in [5.74, 6) is -0.0206. The Labute approximate surface area is 157 Å². The largest absolute Gasteiger partial charge is 0.496 e. The van der Waals surface area contributed by atoms with Gasteiger partial charge in [-0.1, -0.05) is 42.5 Å². The monoisotopic (exact) mass is 357 g/mol. The van der Waals surface area contributed by atoms with Crippen LogP contribution in [0.4, 0.5) is 0 Å². The molecule has 0 radical (unpaired) electrons. The first kappa shape index (κ1) is 17.0. The van der Waals surface area contributed by atoms with Crippen molar-refractivity contribution in [3.63, 3.8) is 0 Å². The molecule has 0 aliphatic rings. The predicted molar refractivity (Wildman–Crippen MR) is 107 cm³/mol. The zero-order valence-corrected chi connectivity index (χ0v) is 15.0. The average Bonchev–Trinajstić information content (AvgIpc) is 2.70. The van der Waals surface area contributed by atoms with Gasteiger partial charge in [0.15, 0.2) is 0 Å². The van der Waals surface area contributed by atoms with Gasteiger partial charge in [-0.3, -0.25) is 9.78 Å². The van der Waals surface area contributed by atoms with Gasteiger partial charge < -0.3 is 9.84 Å². The summed E-state index contributed by atoms with van der Waals surface area (Å²) < 4.78 is 5.65. The van der Waals surface area contributed by atoms with Crippen LogP contribution < -0.4 is 4.74 Å². The molecule has 0 amide bonds. The van der Waals surface area contributed by atoms with Gasteiger partial charge in [0.05, 0.1) is 18.2 Å². The molecule has 1 heterocycles. The van der Waals surface area contributed by atoms with Crippen LogP contribution in [0.3, 0.4) is 0 Å². The van der Waals surface area contributed by atoms with Crippen molar-refractivity contribution in [1.82, 2.24) is 4.98 Å². The van der Waals surface area contributed by atoms with Crippen LogP contribution in [0.5, 0.6) is 5.75 Å². The van der Waals surface area contributed by atoms with Crippen LogP contribution >= 0.6 is 0 Å². The minimum atomic E-state index is -0.789. The van der Waals surface area contributed by atoms with Crippen molar-refractivity contribution in [3.05, 3.63) is 72.4 Å². The Morgan fingerprint density at radius 2 is 1.81 bits per heavy atom. The number of aryl methyl sites for hydroxylation is 1. The van der Waals surface area contributed by atoms with Gasteiger partial charge in [0.2, 0.25) is 0 Å².